The molecule has 1 aliphatic rings. The van der Waals surface area contributed by atoms with Crippen molar-refractivity contribution in [1.29, 1.82) is 0 Å². The summed E-state index contributed by atoms with van der Waals surface area (Å²) >= 11 is 0. The van der Waals surface area contributed by atoms with Gasteiger partial charge in [0.15, 0.2) is 5.75 Å². The van der Waals surface area contributed by atoms with Crippen molar-refractivity contribution < 1.29 is 10.0 Å². The van der Waals surface area contributed by atoms with Crippen LogP contribution < -0.4 is 20.6 Å². The van der Waals surface area contributed by atoms with Crippen LogP contribution in [0.4, 0.5) is 0 Å². The summed E-state index contributed by atoms with van der Waals surface area (Å²) in [6.07, 6.45) is 4.75. The van der Waals surface area contributed by atoms with E-state index in [9.17, 15) is 5.21 Å². The van der Waals surface area contributed by atoms with E-state index in [4.69, 9.17) is 4.84 Å². The Morgan fingerprint density at radius 3 is 2.95 bits per heavy atom. The third kappa shape index (κ3) is 3.96. The lowest BCUT2D eigenvalue weighted by molar-refractivity contribution is -0.0532. The van der Waals surface area contributed by atoms with E-state index >= 15 is 0 Å². The van der Waals surface area contributed by atoms with Crippen molar-refractivity contribution in [3.63, 3.8) is 0 Å². The Bertz CT molecular complexity index is 535. The number of benzene rings is 1. The molecule has 0 saturated carbocycles. The quantitative estimate of drug-likeness (QED) is 0.770. The fourth-order valence-corrected chi connectivity index (χ4v) is 2.31. The first-order valence-corrected chi connectivity index (χ1v) is 7.03. The summed E-state index contributed by atoms with van der Waals surface area (Å²) in [5.41, 5.74) is 0. The van der Waals surface area contributed by atoms with Crippen LogP contribution in [0.25, 0.3) is 12.3 Å². The predicted molar refractivity (Wildman–Crippen MR) is 79.5 cm³/mol. The minimum atomic E-state index is 0.824. The van der Waals surface area contributed by atoms with Gasteiger partial charge in [0.2, 0.25) is 0 Å². The van der Waals surface area contributed by atoms with Crippen molar-refractivity contribution in [1.82, 2.24) is 15.4 Å². The Kier molecular flexibility index (Phi) is 5.40. The fourth-order valence-electron chi connectivity index (χ4n) is 2.31. The summed E-state index contributed by atoms with van der Waals surface area (Å²) in [5, 5.41) is 17.7. The van der Waals surface area contributed by atoms with Gasteiger partial charge in [0.25, 0.3) is 0 Å². The van der Waals surface area contributed by atoms with Gasteiger partial charge in [-0.3, -0.25) is 10.3 Å². The molecule has 5 nitrogen and oxygen atoms in total. The van der Waals surface area contributed by atoms with Crippen molar-refractivity contribution in [3.8, 4) is 5.75 Å². The summed E-state index contributed by atoms with van der Waals surface area (Å²) in [7, 11) is 1.59. The first-order valence-electron chi connectivity index (χ1n) is 7.03. The van der Waals surface area contributed by atoms with E-state index in [1.165, 1.54) is 0 Å². The zero-order valence-corrected chi connectivity index (χ0v) is 12.2. The highest BCUT2D eigenvalue weighted by Gasteiger charge is 2.10. The van der Waals surface area contributed by atoms with Gasteiger partial charge in [-0.1, -0.05) is 18.2 Å². The van der Waals surface area contributed by atoms with E-state index in [-0.39, 0.29) is 0 Å². The molecule has 1 aromatic carbocycles. The lowest BCUT2D eigenvalue weighted by Crippen LogP contribution is -2.36. The molecule has 1 saturated heterocycles. The topological polar surface area (TPSA) is 48.0 Å². The Hall–Kier alpha value is -1.56. The Balaban J connectivity index is 2.28. The molecule has 0 amide bonds. The van der Waals surface area contributed by atoms with Crippen LogP contribution >= 0.6 is 0 Å². The minimum Gasteiger partial charge on any atom is -0.405 e. The summed E-state index contributed by atoms with van der Waals surface area (Å²) in [4.78, 5) is 6.02. The fraction of sp³-hybridized carbons (Fsp3) is 0.467. The lowest BCUT2D eigenvalue weighted by Gasteiger charge is -2.20. The highest BCUT2D eigenvalue weighted by molar-refractivity contribution is 5.37. The van der Waals surface area contributed by atoms with Gasteiger partial charge in [-0.15, -0.1) is 5.06 Å². The van der Waals surface area contributed by atoms with Gasteiger partial charge in [-0.2, -0.15) is 0 Å². The van der Waals surface area contributed by atoms with Crippen LogP contribution in [0.3, 0.4) is 0 Å². The number of nitrogens with zero attached hydrogens (tertiary/aromatic N) is 2. The number of rotatable bonds is 3. The van der Waals surface area contributed by atoms with Gasteiger partial charge >= 0.3 is 0 Å². The van der Waals surface area contributed by atoms with Crippen LogP contribution in [0.5, 0.6) is 5.75 Å². The van der Waals surface area contributed by atoms with Gasteiger partial charge in [-0.05, 0) is 26.0 Å². The number of hydrogen-bond donors (Lipinski definition) is 2. The van der Waals surface area contributed by atoms with E-state index in [2.05, 4.69) is 5.32 Å². The van der Waals surface area contributed by atoms with E-state index in [0.717, 1.165) is 53.8 Å². The molecule has 0 unspecified atom stereocenters. The third-order valence-electron chi connectivity index (χ3n) is 3.24. The molecule has 1 aliphatic heterocycles. The van der Waals surface area contributed by atoms with Gasteiger partial charge in [0, 0.05) is 43.3 Å². The lowest BCUT2D eigenvalue weighted by atomic mass is 10.2. The molecule has 20 heavy (non-hydrogen) atoms. The molecule has 0 radical (unpaired) electrons. The van der Waals surface area contributed by atoms with Gasteiger partial charge in [0.1, 0.15) is 0 Å². The minimum absolute atomic E-state index is 0.824. The van der Waals surface area contributed by atoms with Crippen molar-refractivity contribution in [2.45, 2.75) is 13.3 Å². The summed E-state index contributed by atoms with van der Waals surface area (Å²) in [6, 6.07) is 5.86. The molecule has 1 fully saturated rings. The van der Waals surface area contributed by atoms with Crippen molar-refractivity contribution in [2.75, 3.05) is 33.2 Å². The molecule has 1 heterocycles. The second kappa shape index (κ2) is 7.28. The molecule has 0 aliphatic carbocycles. The van der Waals surface area contributed by atoms with Crippen LogP contribution in [0, 0.1) is 0 Å². The normalized spacial score (nSPS) is 18.9. The standard InChI is InChI=1S/C15H23N3O2/c1-3-14-13(12-17(2)19)6-4-7-15(14)20-18-10-5-8-16-9-11-18/h3-4,6-7,12,16,19H,5,8-11H2,1-2H3/b13-12-,14-3+. The molecule has 110 valence electrons. The summed E-state index contributed by atoms with van der Waals surface area (Å²) in [5.74, 6) is 0.824. The maximum atomic E-state index is 9.38. The van der Waals surface area contributed by atoms with Crippen molar-refractivity contribution in [3.05, 3.63) is 28.6 Å². The first kappa shape index (κ1) is 14.8. The van der Waals surface area contributed by atoms with Crippen LogP contribution in [0.2, 0.25) is 0 Å². The van der Waals surface area contributed by atoms with Crippen LogP contribution in [-0.2, 0) is 0 Å². The molecule has 0 bridgehead atoms. The van der Waals surface area contributed by atoms with Crippen molar-refractivity contribution >= 4 is 12.3 Å². The smallest absolute Gasteiger partial charge is 0.155 e. The molecule has 5 heteroatoms. The monoisotopic (exact) mass is 277 g/mol. The SMILES string of the molecule is C/C=c1/c(ON2CCCNCC2)ccc/c1=C/N(C)O. The second-order valence-electron chi connectivity index (χ2n) is 4.87. The van der Waals surface area contributed by atoms with Gasteiger partial charge in [0.05, 0.1) is 0 Å². The summed E-state index contributed by atoms with van der Waals surface area (Å²) < 4.78 is 0. The van der Waals surface area contributed by atoms with Crippen molar-refractivity contribution in [2.24, 2.45) is 0 Å². The Labute approximate surface area is 119 Å². The highest BCUT2D eigenvalue weighted by atomic mass is 16.7. The molecule has 0 aromatic heterocycles. The highest BCUT2D eigenvalue weighted by Crippen LogP contribution is 2.05. The largest absolute Gasteiger partial charge is 0.405 e. The Morgan fingerprint density at radius 2 is 2.20 bits per heavy atom. The summed E-state index contributed by atoms with van der Waals surface area (Å²) in [6.45, 7) is 5.74. The molecule has 2 N–H and O–H groups in total. The molecule has 1 aromatic rings. The average molecular weight is 277 g/mol. The molecular weight excluding hydrogens is 254 g/mol. The van der Waals surface area contributed by atoms with E-state index in [1.54, 1.807) is 13.2 Å². The number of nitrogens with one attached hydrogen (secondary N) is 1. The molecular formula is C15H23N3O2. The van der Waals surface area contributed by atoms with E-state index < -0.39 is 0 Å². The first-order chi connectivity index (χ1) is 9.70. The maximum absolute atomic E-state index is 9.38. The molecule has 0 atom stereocenters. The van der Waals surface area contributed by atoms with Crippen LogP contribution in [-0.4, -0.2) is 48.6 Å². The third-order valence-corrected chi connectivity index (χ3v) is 3.24. The average Bonchev–Trinajstić information content (AvgIpc) is 2.67. The zero-order chi connectivity index (χ0) is 14.4. The number of hydrogen-bond acceptors (Lipinski definition) is 5. The molecule has 0 spiro atoms. The van der Waals surface area contributed by atoms with E-state index in [0.29, 0.717) is 0 Å². The second-order valence-corrected chi connectivity index (χ2v) is 4.87. The van der Waals surface area contributed by atoms with Crippen LogP contribution in [0.15, 0.2) is 18.2 Å². The number of hydroxylamine groups is 4. The van der Waals surface area contributed by atoms with Gasteiger partial charge < -0.3 is 10.2 Å². The molecule has 2 rings (SSSR count). The van der Waals surface area contributed by atoms with Crippen LogP contribution in [0.1, 0.15) is 13.3 Å². The van der Waals surface area contributed by atoms with Gasteiger partial charge in [-0.25, -0.2) is 0 Å². The zero-order valence-electron chi connectivity index (χ0n) is 12.2. The van der Waals surface area contributed by atoms with E-state index in [1.807, 2.05) is 36.3 Å². The Morgan fingerprint density at radius 1 is 1.35 bits per heavy atom. The maximum Gasteiger partial charge on any atom is 0.155 e. The predicted octanol–water partition coefficient (Wildman–Crippen LogP) is 0.135.